The van der Waals surface area contributed by atoms with E-state index in [4.69, 9.17) is 4.74 Å². The summed E-state index contributed by atoms with van der Waals surface area (Å²) in [7, 11) is 0. The predicted molar refractivity (Wildman–Crippen MR) is 66.5 cm³/mol. The second kappa shape index (κ2) is 6.02. The van der Waals surface area contributed by atoms with Crippen LogP contribution in [0.15, 0.2) is 30.3 Å². The Morgan fingerprint density at radius 2 is 2.00 bits per heavy atom. The molecule has 1 aromatic carbocycles. The molecule has 0 bridgehead atoms. The highest BCUT2D eigenvalue weighted by Crippen LogP contribution is 2.16. The van der Waals surface area contributed by atoms with Crippen molar-refractivity contribution >= 4 is 0 Å². The Hall–Kier alpha value is -0.860. The van der Waals surface area contributed by atoms with Crippen LogP contribution in [0.1, 0.15) is 37.8 Å². The van der Waals surface area contributed by atoms with Gasteiger partial charge in [0, 0.05) is 25.3 Å². The molecule has 0 amide bonds. The Bertz CT molecular complexity index is 291. The molecule has 1 aliphatic heterocycles. The zero-order chi connectivity index (χ0) is 11.2. The minimum absolute atomic E-state index is 0.435. The van der Waals surface area contributed by atoms with Gasteiger partial charge in [-0.2, -0.15) is 0 Å². The third-order valence-corrected chi connectivity index (χ3v) is 3.24. The molecule has 1 heterocycles. The maximum atomic E-state index is 5.47. The summed E-state index contributed by atoms with van der Waals surface area (Å²) in [5.74, 6) is 0. The normalized spacial score (nSPS) is 23.7. The van der Waals surface area contributed by atoms with Crippen LogP contribution in [0.4, 0.5) is 0 Å². The van der Waals surface area contributed by atoms with Gasteiger partial charge in [0.15, 0.2) is 0 Å². The number of hydrogen-bond donors (Lipinski definition) is 1. The maximum absolute atomic E-state index is 5.47. The predicted octanol–water partition coefficient (Wildman–Crippen LogP) is 2.91. The second-order valence-corrected chi connectivity index (χ2v) is 4.54. The van der Waals surface area contributed by atoms with E-state index in [0.717, 1.165) is 19.6 Å². The first-order valence-corrected chi connectivity index (χ1v) is 6.25. The number of ether oxygens (including phenoxy) is 1. The van der Waals surface area contributed by atoms with Crippen LogP contribution in [0.25, 0.3) is 0 Å². The van der Waals surface area contributed by atoms with Crippen LogP contribution < -0.4 is 5.32 Å². The van der Waals surface area contributed by atoms with E-state index in [-0.39, 0.29) is 0 Å². The highest BCUT2D eigenvalue weighted by Gasteiger charge is 2.15. The molecular formula is C14H21NO. The minimum atomic E-state index is 0.435. The van der Waals surface area contributed by atoms with Crippen LogP contribution in [-0.2, 0) is 4.74 Å². The number of benzene rings is 1. The molecule has 1 N–H and O–H groups in total. The Labute approximate surface area is 98.0 Å². The molecule has 1 saturated heterocycles. The van der Waals surface area contributed by atoms with E-state index >= 15 is 0 Å². The number of nitrogens with one attached hydrogen (secondary N) is 1. The lowest BCUT2D eigenvalue weighted by Gasteiger charge is -2.21. The van der Waals surface area contributed by atoms with Crippen molar-refractivity contribution in [2.75, 3.05) is 13.2 Å². The highest BCUT2D eigenvalue weighted by atomic mass is 16.5. The summed E-state index contributed by atoms with van der Waals surface area (Å²) in [5.41, 5.74) is 1.37. The molecule has 0 radical (unpaired) electrons. The summed E-state index contributed by atoms with van der Waals surface area (Å²) in [6.45, 7) is 4.07. The van der Waals surface area contributed by atoms with Gasteiger partial charge >= 0.3 is 0 Å². The van der Waals surface area contributed by atoms with Crippen molar-refractivity contribution in [1.82, 2.24) is 5.32 Å². The van der Waals surface area contributed by atoms with E-state index in [1.165, 1.54) is 18.4 Å². The standard InChI is InChI=1S/C14H21NO/c1-12(13-6-3-2-4-7-13)15-14-8-5-10-16-11-9-14/h2-4,6-7,12,14-15H,5,8-11H2,1H3. The Morgan fingerprint density at radius 1 is 1.19 bits per heavy atom. The van der Waals surface area contributed by atoms with Gasteiger partial charge in [0.25, 0.3) is 0 Å². The van der Waals surface area contributed by atoms with Crippen molar-refractivity contribution in [3.05, 3.63) is 35.9 Å². The lowest BCUT2D eigenvalue weighted by Crippen LogP contribution is -2.31. The zero-order valence-electron chi connectivity index (χ0n) is 9.99. The molecule has 1 aromatic rings. The third-order valence-electron chi connectivity index (χ3n) is 3.24. The van der Waals surface area contributed by atoms with E-state index < -0.39 is 0 Å². The number of rotatable bonds is 3. The van der Waals surface area contributed by atoms with Crippen molar-refractivity contribution in [2.45, 2.75) is 38.3 Å². The van der Waals surface area contributed by atoms with E-state index in [1.807, 2.05) is 0 Å². The van der Waals surface area contributed by atoms with Gasteiger partial charge in [-0.3, -0.25) is 0 Å². The molecule has 0 aromatic heterocycles. The monoisotopic (exact) mass is 219 g/mol. The van der Waals surface area contributed by atoms with Gasteiger partial charge in [0.1, 0.15) is 0 Å². The first-order valence-electron chi connectivity index (χ1n) is 6.25. The molecule has 2 unspecified atom stereocenters. The summed E-state index contributed by atoms with van der Waals surface area (Å²) in [5, 5.41) is 3.70. The van der Waals surface area contributed by atoms with E-state index in [9.17, 15) is 0 Å². The first-order chi connectivity index (χ1) is 7.86. The molecule has 2 atom stereocenters. The second-order valence-electron chi connectivity index (χ2n) is 4.54. The molecule has 2 nitrogen and oxygen atoms in total. The fourth-order valence-electron chi connectivity index (χ4n) is 2.26. The zero-order valence-corrected chi connectivity index (χ0v) is 9.99. The fraction of sp³-hybridized carbons (Fsp3) is 0.571. The average molecular weight is 219 g/mol. The van der Waals surface area contributed by atoms with Crippen LogP contribution in [0.3, 0.4) is 0 Å². The van der Waals surface area contributed by atoms with Crippen LogP contribution in [0.2, 0.25) is 0 Å². The van der Waals surface area contributed by atoms with Gasteiger partial charge in [-0.05, 0) is 31.7 Å². The summed E-state index contributed by atoms with van der Waals surface area (Å²) >= 11 is 0. The Kier molecular flexibility index (Phi) is 4.37. The molecule has 1 aliphatic rings. The molecule has 2 heteroatoms. The summed E-state index contributed by atoms with van der Waals surface area (Å²) in [6.07, 6.45) is 3.55. The molecule has 2 rings (SSSR count). The number of hydrogen-bond acceptors (Lipinski definition) is 2. The molecule has 88 valence electrons. The lowest BCUT2D eigenvalue weighted by atomic mass is 10.0. The smallest absolute Gasteiger partial charge is 0.0480 e. The third kappa shape index (κ3) is 3.32. The van der Waals surface area contributed by atoms with Crippen molar-refractivity contribution in [1.29, 1.82) is 0 Å². The first kappa shape index (κ1) is 11.6. The fourth-order valence-corrected chi connectivity index (χ4v) is 2.26. The highest BCUT2D eigenvalue weighted by molar-refractivity contribution is 5.18. The van der Waals surface area contributed by atoms with E-state index in [1.54, 1.807) is 0 Å². The van der Waals surface area contributed by atoms with Gasteiger partial charge in [0.05, 0.1) is 0 Å². The SMILES string of the molecule is CC(NC1CCCOCC1)c1ccccc1. The van der Waals surface area contributed by atoms with Crippen LogP contribution in [-0.4, -0.2) is 19.3 Å². The Balaban J connectivity index is 1.88. The summed E-state index contributed by atoms with van der Waals surface area (Å²) in [6, 6.07) is 11.7. The quantitative estimate of drug-likeness (QED) is 0.844. The van der Waals surface area contributed by atoms with Gasteiger partial charge < -0.3 is 10.1 Å². The molecule has 1 fully saturated rings. The van der Waals surface area contributed by atoms with Crippen LogP contribution in [0, 0.1) is 0 Å². The van der Waals surface area contributed by atoms with Gasteiger partial charge in [-0.25, -0.2) is 0 Å². The molecule has 0 aliphatic carbocycles. The minimum Gasteiger partial charge on any atom is -0.381 e. The van der Waals surface area contributed by atoms with Crippen LogP contribution >= 0.6 is 0 Å². The average Bonchev–Trinajstić information content (AvgIpc) is 2.59. The van der Waals surface area contributed by atoms with Crippen LogP contribution in [0.5, 0.6) is 0 Å². The van der Waals surface area contributed by atoms with Gasteiger partial charge in [-0.1, -0.05) is 30.3 Å². The van der Waals surface area contributed by atoms with E-state index in [2.05, 4.69) is 42.6 Å². The van der Waals surface area contributed by atoms with Crippen molar-refractivity contribution in [3.8, 4) is 0 Å². The lowest BCUT2D eigenvalue weighted by molar-refractivity contribution is 0.142. The Morgan fingerprint density at radius 3 is 2.81 bits per heavy atom. The topological polar surface area (TPSA) is 21.3 Å². The van der Waals surface area contributed by atoms with Crippen molar-refractivity contribution in [2.24, 2.45) is 0 Å². The van der Waals surface area contributed by atoms with Crippen molar-refractivity contribution in [3.63, 3.8) is 0 Å². The largest absolute Gasteiger partial charge is 0.381 e. The summed E-state index contributed by atoms with van der Waals surface area (Å²) in [4.78, 5) is 0. The van der Waals surface area contributed by atoms with Crippen molar-refractivity contribution < 1.29 is 4.74 Å². The molecule has 0 saturated carbocycles. The van der Waals surface area contributed by atoms with Gasteiger partial charge in [-0.15, -0.1) is 0 Å². The molecule has 16 heavy (non-hydrogen) atoms. The summed E-state index contributed by atoms with van der Waals surface area (Å²) < 4.78 is 5.47. The van der Waals surface area contributed by atoms with E-state index in [0.29, 0.717) is 12.1 Å². The van der Waals surface area contributed by atoms with Gasteiger partial charge in [0.2, 0.25) is 0 Å². The molecular weight excluding hydrogens is 198 g/mol. The molecule has 0 spiro atoms. The maximum Gasteiger partial charge on any atom is 0.0480 e.